The van der Waals surface area contributed by atoms with E-state index in [1.54, 1.807) is 14.2 Å². The van der Waals surface area contributed by atoms with E-state index in [4.69, 9.17) is 9.47 Å². The van der Waals surface area contributed by atoms with Gasteiger partial charge >= 0.3 is 0 Å². The molecule has 2 aliphatic rings. The maximum Gasteiger partial charge on any atom is 0.286 e. The van der Waals surface area contributed by atoms with Gasteiger partial charge in [-0.2, -0.15) is 4.99 Å². The number of carbonyl (C=O) groups excluding carboxylic acids is 1. The summed E-state index contributed by atoms with van der Waals surface area (Å²) in [5.74, 6) is 1.89. The molecule has 0 aliphatic carbocycles. The molecule has 6 heteroatoms. The molecule has 0 unspecified atom stereocenters. The van der Waals surface area contributed by atoms with Crippen molar-refractivity contribution in [2.45, 2.75) is 19.3 Å². The van der Waals surface area contributed by atoms with Crippen molar-refractivity contribution < 1.29 is 14.3 Å². The van der Waals surface area contributed by atoms with Crippen molar-refractivity contribution in [3.63, 3.8) is 0 Å². The highest BCUT2D eigenvalue weighted by molar-refractivity contribution is 8.18. The van der Waals surface area contributed by atoms with Crippen LogP contribution in [0.5, 0.6) is 11.5 Å². The Morgan fingerprint density at radius 2 is 1.87 bits per heavy atom. The van der Waals surface area contributed by atoms with Crippen molar-refractivity contribution in [3.8, 4) is 11.5 Å². The Morgan fingerprint density at radius 1 is 1.10 bits per heavy atom. The third-order valence-electron chi connectivity index (χ3n) is 5.59. The van der Waals surface area contributed by atoms with Crippen molar-refractivity contribution in [1.82, 2.24) is 4.90 Å². The SMILES string of the molecule is COc1ccc(/C=C2/SC(N3CCC(Cc4ccccc4)CC3)=NC2=O)c(OC)c1. The largest absolute Gasteiger partial charge is 0.497 e. The van der Waals surface area contributed by atoms with Gasteiger partial charge in [-0.25, -0.2) is 0 Å². The molecule has 1 fully saturated rings. The second-order valence-electron chi connectivity index (χ2n) is 7.54. The summed E-state index contributed by atoms with van der Waals surface area (Å²) in [4.78, 5) is 19.7. The highest BCUT2D eigenvalue weighted by Gasteiger charge is 2.29. The Labute approximate surface area is 181 Å². The number of hydrogen-bond acceptors (Lipinski definition) is 5. The lowest BCUT2D eigenvalue weighted by atomic mass is 9.90. The van der Waals surface area contributed by atoms with Gasteiger partial charge in [0.15, 0.2) is 5.17 Å². The monoisotopic (exact) mass is 422 g/mol. The van der Waals surface area contributed by atoms with Crippen LogP contribution in [0.4, 0.5) is 0 Å². The highest BCUT2D eigenvalue weighted by atomic mass is 32.2. The molecule has 0 radical (unpaired) electrons. The average molecular weight is 423 g/mol. The topological polar surface area (TPSA) is 51.1 Å². The van der Waals surface area contributed by atoms with E-state index in [9.17, 15) is 4.79 Å². The Hall–Kier alpha value is -2.73. The van der Waals surface area contributed by atoms with Crippen molar-refractivity contribution in [2.75, 3.05) is 27.3 Å². The summed E-state index contributed by atoms with van der Waals surface area (Å²) < 4.78 is 10.7. The Kier molecular flexibility index (Phi) is 6.43. The smallest absolute Gasteiger partial charge is 0.286 e. The van der Waals surface area contributed by atoms with Crippen LogP contribution in [0.3, 0.4) is 0 Å². The van der Waals surface area contributed by atoms with Crippen LogP contribution in [0.1, 0.15) is 24.0 Å². The minimum Gasteiger partial charge on any atom is -0.497 e. The number of aliphatic imine (C=N–C) groups is 1. The zero-order valence-corrected chi connectivity index (χ0v) is 18.2. The molecule has 30 heavy (non-hydrogen) atoms. The predicted octanol–water partition coefficient (Wildman–Crippen LogP) is 4.63. The summed E-state index contributed by atoms with van der Waals surface area (Å²) in [6, 6.07) is 16.2. The van der Waals surface area contributed by atoms with Gasteiger partial charge in [-0.15, -0.1) is 0 Å². The number of methoxy groups -OCH3 is 2. The fourth-order valence-electron chi connectivity index (χ4n) is 3.89. The number of nitrogens with zero attached hydrogens (tertiary/aromatic N) is 2. The lowest BCUT2D eigenvalue weighted by Crippen LogP contribution is -2.37. The van der Waals surface area contributed by atoms with E-state index >= 15 is 0 Å². The first-order chi connectivity index (χ1) is 14.7. The number of hydrogen-bond donors (Lipinski definition) is 0. The molecule has 0 N–H and O–H groups in total. The molecule has 5 nitrogen and oxygen atoms in total. The molecular formula is C24H26N2O3S. The molecule has 1 amide bonds. The van der Waals surface area contributed by atoms with Gasteiger partial charge in [-0.05, 0) is 60.7 Å². The van der Waals surface area contributed by atoms with Gasteiger partial charge in [0, 0.05) is 24.7 Å². The van der Waals surface area contributed by atoms with Crippen LogP contribution in [-0.4, -0.2) is 43.3 Å². The second kappa shape index (κ2) is 9.39. The number of thioether (sulfide) groups is 1. The third-order valence-corrected chi connectivity index (χ3v) is 6.63. The van der Waals surface area contributed by atoms with Gasteiger partial charge in [0.2, 0.25) is 0 Å². The van der Waals surface area contributed by atoms with E-state index in [1.165, 1.54) is 17.3 Å². The molecule has 2 heterocycles. The van der Waals surface area contributed by atoms with E-state index < -0.39 is 0 Å². The van der Waals surface area contributed by atoms with Gasteiger partial charge in [0.25, 0.3) is 5.91 Å². The van der Waals surface area contributed by atoms with Gasteiger partial charge < -0.3 is 14.4 Å². The fourth-order valence-corrected chi connectivity index (χ4v) is 4.84. The van der Waals surface area contributed by atoms with Crippen LogP contribution in [0.15, 0.2) is 58.4 Å². The fraction of sp³-hybridized carbons (Fsp3) is 0.333. The molecule has 1 saturated heterocycles. The van der Waals surface area contributed by atoms with E-state index in [2.05, 4.69) is 40.2 Å². The van der Waals surface area contributed by atoms with Crippen LogP contribution >= 0.6 is 11.8 Å². The quantitative estimate of drug-likeness (QED) is 0.658. The molecule has 0 bridgehead atoms. The first kappa shape index (κ1) is 20.5. The molecule has 0 spiro atoms. The molecule has 0 atom stereocenters. The maximum atomic E-state index is 12.5. The molecular weight excluding hydrogens is 396 g/mol. The van der Waals surface area contributed by atoms with E-state index in [0.29, 0.717) is 16.6 Å². The van der Waals surface area contributed by atoms with Gasteiger partial charge in [0.05, 0.1) is 19.1 Å². The molecule has 0 aromatic heterocycles. The summed E-state index contributed by atoms with van der Waals surface area (Å²) in [5, 5.41) is 0.817. The average Bonchev–Trinajstić information content (AvgIpc) is 3.15. The lowest BCUT2D eigenvalue weighted by Gasteiger charge is -2.32. The summed E-state index contributed by atoms with van der Waals surface area (Å²) in [6.07, 6.45) is 5.21. The van der Waals surface area contributed by atoms with Crippen molar-refractivity contribution in [2.24, 2.45) is 10.9 Å². The van der Waals surface area contributed by atoms with Crippen molar-refractivity contribution in [1.29, 1.82) is 0 Å². The van der Waals surface area contributed by atoms with Crippen LogP contribution in [0.25, 0.3) is 6.08 Å². The highest BCUT2D eigenvalue weighted by Crippen LogP contribution is 2.35. The predicted molar refractivity (Wildman–Crippen MR) is 122 cm³/mol. The summed E-state index contributed by atoms with van der Waals surface area (Å²) in [6.45, 7) is 1.88. The Morgan fingerprint density at radius 3 is 2.57 bits per heavy atom. The summed E-state index contributed by atoms with van der Waals surface area (Å²) >= 11 is 1.46. The number of carbonyl (C=O) groups is 1. The van der Waals surface area contributed by atoms with E-state index in [-0.39, 0.29) is 5.91 Å². The number of piperidine rings is 1. The van der Waals surface area contributed by atoms with Crippen molar-refractivity contribution in [3.05, 3.63) is 64.6 Å². The zero-order chi connectivity index (χ0) is 20.9. The number of likely N-dealkylation sites (tertiary alicyclic amines) is 1. The van der Waals surface area contributed by atoms with Crippen LogP contribution in [-0.2, 0) is 11.2 Å². The molecule has 2 aromatic rings. The zero-order valence-electron chi connectivity index (χ0n) is 17.3. The summed E-state index contributed by atoms with van der Waals surface area (Å²) in [7, 11) is 3.23. The first-order valence-corrected chi connectivity index (χ1v) is 11.0. The number of rotatable bonds is 5. The normalized spacial score (nSPS) is 18.6. The molecule has 0 saturated carbocycles. The molecule has 2 aromatic carbocycles. The molecule has 4 rings (SSSR count). The van der Waals surface area contributed by atoms with E-state index in [1.807, 2.05) is 24.3 Å². The number of amides is 1. The molecule has 156 valence electrons. The minimum absolute atomic E-state index is 0.181. The number of amidine groups is 1. The van der Waals surface area contributed by atoms with Crippen LogP contribution in [0, 0.1) is 5.92 Å². The number of ether oxygens (including phenoxy) is 2. The van der Waals surface area contributed by atoms with Gasteiger partial charge in [0.1, 0.15) is 11.5 Å². The summed E-state index contributed by atoms with van der Waals surface area (Å²) in [5.41, 5.74) is 2.24. The molecule has 2 aliphatic heterocycles. The second-order valence-corrected chi connectivity index (χ2v) is 8.55. The van der Waals surface area contributed by atoms with Crippen LogP contribution < -0.4 is 9.47 Å². The minimum atomic E-state index is -0.181. The lowest BCUT2D eigenvalue weighted by molar-refractivity contribution is -0.113. The third kappa shape index (κ3) is 4.70. The number of benzene rings is 2. The van der Waals surface area contributed by atoms with Crippen molar-refractivity contribution >= 4 is 28.9 Å². The van der Waals surface area contributed by atoms with Crippen LogP contribution in [0.2, 0.25) is 0 Å². The van der Waals surface area contributed by atoms with Gasteiger partial charge in [-0.1, -0.05) is 30.3 Å². The van der Waals surface area contributed by atoms with Gasteiger partial charge in [-0.3, -0.25) is 4.79 Å². The maximum absolute atomic E-state index is 12.5. The van der Waals surface area contributed by atoms with E-state index in [0.717, 1.165) is 48.8 Å². The first-order valence-electron chi connectivity index (χ1n) is 10.2. The Bertz CT molecular complexity index is 964. The Balaban J connectivity index is 1.38. The standard InChI is InChI=1S/C24H26N2O3S/c1-28-20-9-8-19(21(16-20)29-2)15-22-23(27)25-24(30-22)26-12-10-18(11-13-26)14-17-6-4-3-5-7-17/h3-9,15-16,18H,10-14H2,1-2H3/b22-15+.